The molecule has 0 spiro atoms. The maximum absolute atomic E-state index is 12.2. The lowest BCUT2D eigenvalue weighted by Gasteiger charge is -2.24. The molecule has 0 bridgehead atoms. The van der Waals surface area contributed by atoms with Crippen LogP contribution in [0.3, 0.4) is 0 Å². The Hall–Kier alpha value is -1.51. The van der Waals surface area contributed by atoms with E-state index in [0.29, 0.717) is 5.69 Å². The molecule has 3 heteroatoms. The van der Waals surface area contributed by atoms with Crippen molar-refractivity contribution >= 4 is 11.7 Å². The van der Waals surface area contributed by atoms with Gasteiger partial charge in [0.1, 0.15) is 5.60 Å². The number of carbonyl (C=O) groups excluding carboxylic acids is 1. The summed E-state index contributed by atoms with van der Waals surface area (Å²) < 4.78 is 5.48. The van der Waals surface area contributed by atoms with E-state index in [1.54, 1.807) is 0 Å². The van der Waals surface area contributed by atoms with Gasteiger partial charge in [-0.1, -0.05) is 12.1 Å². The summed E-state index contributed by atoms with van der Waals surface area (Å²) in [7, 11) is 0. The molecule has 2 rings (SSSR count). The molecule has 1 aromatic carbocycles. The summed E-state index contributed by atoms with van der Waals surface area (Å²) in [5, 5.41) is 0. The number of benzene rings is 1. The number of esters is 1. The number of hydrogen-bond donors (Lipinski definition) is 1. The van der Waals surface area contributed by atoms with Crippen molar-refractivity contribution in [3.63, 3.8) is 0 Å². The Morgan fingerprint density at radius 2 is 2.00 bits per heavy atom. The number of hydrogen-bond acceptors (Lipinski definition) is 3. The van der Waals surface area contributed by atoms with Gasteiger partial charge in [-0.15, -0.1) is 0 Å². The fraction of sp³-hybridized carbons (Fsp3) is 0.500. The van der Waals surface area contributed by atoms with Gasteiger partial charge in [0.2, 0.25) is 0 Å². The third-order valence-electron chi connectivity index (χ3n) is 2.98. The summed E-state index contributed by atoms with van der Waals surface area (Å²) in [6.45, 7) is 5.67. The average molecular weight is 233 g/mol. The third-order valence-corrected chi connectivity index (χ3v) is 2.98. The van der Waals surface area contributed by atoms with Crippen LogP contribution in [0.1, 0.15) is 39.2 Å². The molecule has 17 heavy (non-hydrogen) atoms. The van der Waals surface area contributed by atoms with Gasteiger partial charge in [0.05, 0.1) is 5.41 Å². The quantitative estimate of drug-likeness (QED) is 0.631. The molecular formula is C14H19NO2. The van der Waals surface area contributed by atoms with E-state index in [4.69, 9.17) is 10.5 Å². The van der Waals surface area contributed by atoms with Crippen LogP contribution >= 0.6 is 0 Å². The Morgan fingerprint density at radius 1 is 1.35 bits per heavy atom. The standard InChI is InChI=1S/C14H19NO2/c1-13(2,3)17-12(16)14(7-8-14)10-5-4-6-11(15)9-10/h4-6,9H,7-8,15H2,1-3H3. The first-order valence-electron chi connectivity index (χ1n) is 5.93. The van der Waals surface area contributed by atoms with Gasteiger partial charge in [0.15, 0.2) is 0 Å². The number of nitrogen functional groups attached to an aromatic ring is 1. The molecule has 0 amide bonds. The zero-order chi connectivity index (χ0) is 12.7. The van der Waals surface area contributed by atoms with Crippen LogP contribution in [0.25, 0.3) is 0 Å². The Kier molecular flexibility index (Phi) is 2.64. The molecule has 3 nitrogen and oxygen atoms in total. The fourth-order valence-electron chi connectivity index (χ4n) is 1.95. The molecule has 1 aromatic rings. The Bertz CT molecular complexity index is 442. The molecule has 1 fully saturated rings. The van der Waals surface area contributed by atoms with Crippen molar-refractivity contribution in [3.05, 3.63) is 29.8 Å². The largest absolute Gasteiger partial charge is 0.459 e. The van der Waals surface area contributed by atoms with Gasteiger partial charge in [0.25, 0.3) is 0 Å². The highest BCUT2D eigenvalue weighted by molar-refractivity contribution is 5.87. The van der Waals surface area contributed by atoms with E-state index in [9.17, 15) is 4.79 Å². The minimum Gasteiger partial charge on any atom is -0.459 e. The van der Waals surface area contributed by atoms with Gasteiger partial charge in [-0.25, -0.2) is 0 Å². The first-order valence-corrected chi connectivity index (χ1v) is 5.93. The highest BCUT2D eigenvalue weighted by atomic mass is 16.6. The zero-order valence-electron chi connectivity index (χ0n) is 10.6. The van der Waals surface area contributed by atoms with Crippen LogP contribution in [-0.4, -0.2) is 11.6 Å². The maximum atomic E-state index is 12.2. The van der Waals surface area contributed by atoms with E-state index in [0.717, 1.165) is 18.4 Å². The molecule has 0 saturated heterocycles. The van der Waals surface area contributed by atoms with Crippen molar-refractivity contribution in [2.75, 3.05) is 5.73 Å². The van der Waals surface area contributed by atoms with E-state index >= 15 is 0 Å². The molecule has 0 unspecified atom stereocenters. The summed E-state index contributed by atoms with van der Waals surface area (Å²) in [5.74, 6) is -0.129. The SMILES string of the molecule is CC(C)(C)OC(=O)C1(c2cccc(N)c2)CC1. The highest BCUT2D eigenvalue weighted by Crippen LogP contribution is 2.50. The normalized spacial score (nSPS) is 17.6. The summed E-state index contributed by atoms with van der Waals surface area (Å²) in [4.78, 5) is 12.2. The van der Waals surface area contributed by atoms with Crippen LogP contribution in [0.4, 0.5) is 5.69 Å². The first kappa shape index (κ1) is 12.0. The Labute approximate surface area is 102 Å². The Morgan fingerprint density at radius 3 is 2.47 bits per heavy atom. The number of anilines is 1. The van der Waals surface area contributed by atoms with Crippen LogP contribution in [0, 0.1) is 0 Å². The van der Waals surface area contributed by atoms with Crippen LogP contribution in [-0.2, 0) is 14.9 Å². The first-order chi connectivity index (χ1) is 7.83. The molecule has 92 valence electrons. The summed E-state index contributed by atoms with van der Waals surface area (Å²) in [6, 6.07) is 7.54. The van der Waals surface area contributed by atoms with Gasteiger partial charge in [-0.3, -0.25) is 4.79 Å². The second-order valence-corrected chi connectivity index (χ2v) is 5.71. The molecule has 1 aliphatic rings. The van der Waals surface area contributed by atoms with Crippen molar-refractivity contribution in [2.45, 2.75) is 44.6 Å². The van der Waals surface area contributed by atoms with E-state index < -0.39 is 11.0 Å². The lowest BCUT2D eigenvalue weighted by molar-refractivity contribution is -0.158. The van der Waals surface area contributed by atoms with Gasteiger partial charge < -0.3 is 10.5 Å². The van der Waals surface area contributed by atoms with Crippen LogP contribution in [0.2, 0.25) is 0 Å². The van der Waals surface area contributed by atoms with Crippen LogP contribution in [0.5, 0.6) is 0 Å². The lowest BCUT2D eigenvalue weighted by atomic mass is 9.95. The molecule has 1 saturated carbocycles. The van der Waals surface area contributed by atoms with Crippen molar-refractivity contribution < 1.29 is 9.53 Å². The number of rotatable bonds is 2. The van der Waals surface area contributed by atoms with Gasteiger partial charge in [-0.2, -0.15) is 0 Å². The van der Waals surface area contributed by atoms with Crippen molar-refractivity contribution in [1.29, 1.82) is 0 Å². The summed E-state index contributed by atoms with van der Waals surface area (Å²) in [6.07, 6.45) is 1.71. The predicted octanol–water partition coefficient (Wildman–Crippen LogP) is 2.64. The molecule has 1 aliphatic carbocycles. The molecule has 0 radical (unpaired) electrons. The second-order valence-electron chi connectivity index (χ2n) is 5.71. The van der Waals surface area contributed by atoms with E-state index in [-0.39, 0.29) is 5.97 Å². The predicted molar refractivity (Wildman–Crippen MR) is 67.6 cm³/mol. The van der Waals surface area contributed by atoms with Gasteiger partial charge >= 0.3 is 5.97 Å². The van der Waals surface area contributed by atoms with E-state index in [1.165, 1.54) is 0 Å². The smallest absolute Gasteiger partial charge is 0.317 e. The van der Waals surface area contributed by atoms with Crippen LogP contribution < -0.4 is 5.73 Å². The number of ether oxygens (including phenoxy) is 1. The maximum Gasteiger partial charge on any atom is 0.317 e. The molecule has 0 atom stereocenters. The van der Waals surface area contributed by atoms with Crippen molar-refractivity contribution in [3.8, 4) is 0 Å². The second kappa shape index (κ2) is 3.76. The average Bonchev–Trinajstić information content (AvgIpc) is 2.95. The topological polar surface area (TPSA) is 52.3 Å². The molecular weight excluding hydrogens is 214 g/mol. The zero-order valence-corrected chi connectivity index (χ0v) is 10.6. The monoisotopic (exact) mass is 233 g/mol. The van der Waals surface area contributed by atoms with Crippen molar-refractivity contribution in [1.82, 2.24) is 0 Å². The lowest BCUT2D eigenvalue weighted by Crippen LogP contribution is -2.31. The highest BCUT2D eigenvalue weighted by Gasteiger charge is 2.53. The van der Waals surface area contributed by atoms with Crippen LogP contribution in [0.15, 0.2) is 24.3 Å². The fourth-order valence-corrected chi connectivity index (χ4v) is 1.95. The summed E-state index contributed by atoms with van der Waals surface area (Å²) >= 11 is 0. The minimum absolute atomic E-state index is 0.129. The van der Waals surface area contributed by atoms with E-state index in [1.807, 2.05) is 45.0 Å². The number of carbonyl (C=O) groups is 1. The van der Waals surface area contributed by atoms with Gasteiger partial charge in [0, 0.05) is 5.69 Å². The molecule has 0 aliphatic heterocycles. The van der Waals surface area contributed by atoms with E-state index in [2.05, 4.69) is 0 Å². The van der Waals surface area contributed by atoms with Crippen molar-refractivity contribution in [2.24, 2.45) is 0 Å². The third kappa shape index (κ3) is 2.43. The molecule has 2 N–H and O–H groups in total. The minimum atomic E-state index is -0.442. The molecule has 0 heterocycles. The molecule has 0 aromatic heterocycles. The Balaban J connectivity index is 2.23. The number of nitrogens with two attached hydrogens (primary N) is 1. The van der Waals surface area contributed by atoms with Gasteiger partial charge in [-0.05, 0) is 51.3 Å². The summed E-state index contributed by atoms with van der Waals surface area (Å²) in [5.41, 5.74) is 6.55.